The highest BCUT2D eigenvalue weighted by Gasteiger charge is 2.25. The molecule has 1 saturated heterocycles. The Kier molecular flexibility index (Phi) is 3.19. The lowest BCUT2D eigenvalue weighted by molar-refractivity contribution is 0.122. The maximum Gasteiger partial charge on any atom is 0.0948 e. The molecule has 0 aromatic rings. The second kappa shape index (κ2) is 4.40. The zero-order chi connectivity index (χ0) is 9.10. The van der Waals surface area contributed by atoms with Crippen molar-refractivity contribution in [1.82, 2.24) is 5.32 Å². The third-order valence-electron chi connectivity index (χ3n) is 3.23. The summed E-state index contributed by atoms with van der Waals surface area (Å²) in [7, 11) is 0. The van der Waals surface area contributed by atoms with Gasteiger partial charge in [0.1, 0.15) is 0 Å². The Balaban J connectivity index is 1.56. The van der Waals surface area contributed by atoms with Crippen molar-refractivity contribution < 1.29 is 9.84 Å². The molecule has 2 atom stereocenters. The maximum absolute atomic E-state index is 9.44. The Morgan fingerprint density at radius 2 is 2.15 bits per heavy atom. The molecule has 0 spiro atoms. The van der Waals surface area contributed by atoms with Gasteiger partial charge in [0.15, 0.2) is 0 Å². The molecular formula is C10H19NO2. The standard InChI is InChI=1S/C10H19NO2/c12-10-7-13-6-9(10)11-5-4-8-2-1-3-8/h8-12H,1-7H2. The molecule has 1 aliphatic heterocycles. The van der Waals surface area contributed by atoms with E-state index in [1.54, 1.807) is 0 Å². The average Bonchev–Trinajstić information content (AvgIpc) is 2.42. The van der Waals surface area contributed by atoms with Gasteiger partial charge in [0.05, 0.1) is 25.4 Å². The summed E-state index contributed by atoms with van der Waals surface area (Å²) in [5.74, 6) is 0.951. The van der Waals surface area contributed by atoms with Crippen molar-refractivity contribution in [3.63, 3.8) is 0 Å². The van der Waals surface area contributed by atoms with Gasteiger partial charge in [-0.25, -0.2) is 0 Å². The van der Waals surface area contributed by atoms with Gasteiger partial charge in [-0.1, -0.05) is 19.3 Å². The molecule has 2 aliphatic rings. The van der Waals surface area contributed by atoms with Gasteiger partial charge in [0, 0.05) is 0 Å². The van der Waals surface area contributed by atoms with Gasteiger partial charge in [-0.3, -0.25) is 0 Å². The molecule has 2 rings (SSSR count). The molecule has 3 nitrogen and oxygen atoms in total. The first kappa shape index (κ1) is 9.44. The summed E-state index contributed by atoms with van der Waals surface area (Å²) in [6, 6.07) is 0.181. The van der Waals surface area contributed by atoms with Crippen LogP contribution in [0.3, 0.4) is 0 Å². The third-order valence-corrected chi connectivity index (χ3v) is 3.23. The zero-order valence-electron chi connectivity index (χ0n) is 8.04. The van der Waals surface area contributed by atoms with Crippen LogP contribution in [0.15, 0.2) is 0 Å². The Hall–Kier alpha value is -0.120. The SMILES string of the molecule is OC1COCC1NCCC1CCC1. The highest BCUT2D eigenvalue weighted by Crippen LogP contribution is 2.28. The Labute approximate surface area is 79.5 Å². The monoisotopic (exact) mass is 185 g/mol. The smallest absolute Gasteiger partial charge is 0.0948 e. The summed E-state index contributed by atoms with van der Waals surface area (Å²) >= 11 is 0. The predicted molar refractivity (Wildman–Crippen MR) is 50.6 cm³/mol. The van der Waals surface area contributed by atoms with E-state index in [0.29, 0.717) is 13.2 Å². The summed E-state index contributed by atoms with van der Waals surface area (Å²) in [6.45, 7) is 2.21. The van der Waals surface area contributed by atoms with Crippen molar-refractivity contribution in [3.8, 4) is 0 Å². The molecule has 76 valence electrons. The van der Waals surface area contributed by atoms with Crippen molar-refractivity contribution in [2.45, 2.75) is 37.8 Å². The van der Waals surface area contributed by atoms with E-state index in [0.717, 1.165) is 12.5 Å². The van der Waals surface area contributed by atoms with Gasteiger partial charge in [0.25, 0.3) is 0 Å². The molecule has 0 aromatic carbocycles. The van der Waals surface area contributed by atoms with E-state index in [9.17, 15) is 5.11 Å². The normalized spacial score (nSPS) is 34.8. The van der Waals surface area contributed by atoms with E-state index in [4.69, 9.17) is 4.74 Å². The van der Waals surface area contributed by atoms with Gasteiger partial charge >= 0.3 is 0 Å². The number of hydrogen-bond acceptors (Lipinski definition) is 3. The van der Waals surface area contributed by atoms with Crippen molar-refractivity contribution >= 4 is 0 Å². The first-order valence-corrected chi connectivity index (χ1v) is 5.35. The fourth-order valence-electron chi connectivity index (χ4n) is 1.99. The molecule has 2 N–H and O–H groups in total. The first-order valence-electron chi connectivity index (χ1n) is 5.35. The number of rotatable bonds is 4. The van der Waals surface area contributed by atoms with Crippen LogP contribution in [0.4, 0.5) is 0 Å². The van der Waals surface area contributed by atoms with E-state index >= 15 is 0 Å². The highest BCUT2D eigenvalue weighted by atomic mass is 16.5. The van der Waals surface area contributed by atoms with Crippen molar-refractivity contribution in [3.05, 3.63) is 0 Å². The molecule has 1 aliphatic carbocycles. The molecule has 0 amide bonds. The maximum atomic E-state index is 9.44. The minimum absolute atomic E-state index is 0.181. The largest absolute Gasteiger partial charge is 0.389 e. The van der Waals surface area contributed by atoms with E-state index in [1.807, 2.05) is 0 Å². The zero-order valence-corrected chi connectivity index (χ0v) is 8.04. The Morgan fingerprint density at radius 1 is 1.31 bits per heavy atom. The summed E-state index contributed by atoms with van der Waals surface area (Å²) in [4.78, 5) is 0. The minimum Gasteiger partial charge on any atom is -0.389 e. The topological polar surface area (TPSA) is 41.5 Å². The van der Waals surface area contributed by atoms with Gasteiger partial charge in [-0.2, -0.15) is 0 Å². The average molecular weight is 185 g/mol. The lowest BCUT2D eigenvalue weighted by Crippen LogP contribution is -2.40. The molecular weight excluding hydrogens is 166 g/mol. The summed E-state index contributed by atoms with van der Waals surface area (Å²) in [5, 5.41) is 12.8. The van der Waals surface area contributed by atoms with Crippen LogP contribution in [-0.2, 0) is 4.74 Å². The van der Waals surface area contributed by atoms with E-state index in [1.165, 1.54) is 25.7 Å². The third kappa shape index (κ3) is 2.42. The lowest BCUT2D eigenvalue weighted by Gasteiger charge is -2.26. The first-order chi connectivity index (χ1) is 6.36. The van der Waals surface area contributed by atoms with Gasteiger partial charge < -0.3 is 15.2 Å². The fourth-order valence-corrected chi connectivity index (χ4v) is 1.99. The molecule has 1 heterocycles. The Morgan fingerprint density at radius 3 is 2.69 bits per heavy atom. The predicted octanol–water partition coefficient (Wildman–Crippen LogP) is 0.526. The summed E-state index contributed by atoms with van der Waals surface area (Å²) in [6.07, 6.45) is 5.21. The number of aliphatic hydroxyl groups excluding tert-OH is 1. The minimum atomic E-state index is -0.290. The second-order valence-electron chi connectivity index (χ2n) is 4.25. The molecule has 3 heteroatoms. The summed E-state index contributed by atoms with van der Waals surface area (Å²) < 4.78 is 5.15. The molecule has 0 radical (unpaired) electrons. The molecule has 0 aromatic heterocycles. The highest BCUT2D eigenvalue weighted by molar-refractivity contribution is 4.81. The fraction of sp³-hybridized carbons (Fsp3) is 1.00. The van der Waals surface area contributed by atoms with E-state index in [-0.39, 0.29) is 12.1 Å². The number of nitrogens with one attached hydrogen (secondary N) is 1. The lowest BCUT2D eigenvalue weighted by atomic mass is 9.83. The van der Waals surface area contributed by atoms with Crippen LogP contribution in [0.1, 0.15) is 25.7 Å². The number of ether oxygens (including phenoxy) is 1. The van der Waals surface area contributed by atoms with Crippen LogP contribution in [0.25, 0.3) is 0 Å². The van der Waals surface area contributed by atoms with Crippen LogP contribution in [0.5, 0.6) is 0 Å². The van der Waals surface area contributed by atoms with Crippen LogP contribution in [-0.4, -0.2) is 37.0 Å². The van der Waals surface area contributed by atoms with Crippen LogP contribution in [0.2, 0.25) is 0 Å². The van der Waals surface area contributed by atoms with Crippen LogP contribution >= 0.6 is 0 Å². The molecule has 13 heavy (non-hydrogen) atoms. The molecule has 2 fully saturated rings. The quantitative estimate of drug-likeness (QED) is 0.671. The van der Waals surface area contributed by atoms with Gasteiger partial charge in [-0.05, 0) is 18.9 Å². The number of hydrogen-bond donors (Lipinski definition) is 2. The molecule has 2 unspecified atom stereocenters. The van der Waals surface area contributed by atoms with Crippen molar-refractivity contribution in [1.29, 1.82) is 0 Å². The van der Waals surface area contributed by atoms with Crippen molar-refractivity contribution in [2.75, 3.05) is 19.8 Å². The van der Waals surface area contributed by atoms with E-state index in [2.05, 4.69) is 5.32 Å². The van der Waals surface area contributed by atoms with E-state index < -0.39 is 0 Å². The molecule has 1 saturated carbocycles. The Bertz CT molecular complexity index is 159. The second-order valence-corrected chi connectivity index (χ2v) is 4.25. The van der Waals surface area contributed by atoms with Crippen LogP contribution < -0.4 is 5.32 Å². The van der Waals surface area contributed by atoms with Crippen molar-refractivity contribution in [2.24, 2.45) is 5.92 Å². The number of aliphatic hydroxyl groups is 1. The van der Waals surface area contributed by atoms with Gasteiger partial charge in [0.2, 0.25) is 0 Å². The summed E-state index contributed by atoms with van der Waals surface area (Å²) in [5.41, 5.74) is 0. The van der Waals surface area contributed by atoms with Gasteiger partial charge in [-0.15, -0.1) is 0 Å². The van der Waals surface area contributed by atoms with Crippen LogP contribution in [0, 0.1) is 5.92 Å². The molecule has 0 bridgehead atoms.